The highest BCUT2D eigenvalue weighted by molar-refractivity contribution is 6.30. The lowest BCUT2D eigenvalue weighted by atomic mass is 9.99. The molecule has 0 aliphatic carbocycles. The number of hydrogen-bond donors (Lipinski definition) is 2. The highest BCUT2D eigenvalue weighted by Crippen LogP contribution is 2.23. The molecule has 0 heterocycles. The van der Waals surface area contributed by atoms with Crippen molar-refractivity contribution in [1.29, 1.82) is 0 Å². The zero-order valence-corrected chi connectivity index (χ0v) is 20.6. The summed E-state index contributed by atoms with van der Waals surface area (Å²) in [5.41, 5.74) is 3.45. The third-order valence-electron chi connectivity index (χ3n) is 5.09. The van der Waals surface area contributed by atoms with Gasteiger partial charge in [-0.25, -0.2) is 4.79 Å². The second-order valence-corrected chi connectivity index (χ2v) is 9.68. The third kappa shape index (κ3) is 8.82. The molecule has 0 spiro atoms. The summed E-state index contributed by atoms with van der Waals surface area (Å²) >= 11 is 6.11. The Labute approximate surface area is 206 Å². The van der Waals surface area contributed by atoms with Crippen LogP contribution >= 0.6 is 11.6 Å². The van der Waals surface area contributed by atoms with Crippen LogP contribution in [0, 0.1) is 0 Å². The quantitative estimate of drug-likeness (QED) is 0.348. The summed E-state index contributed by atoms with van der Waals surface area (Å²) in [6.45, 7) is 5.73. The number of benzene rings is 3. The van der Waals surface area contributed by atoms with E-state index in [0.29, 0.717) is 11.4 Å². The largest absolute Gasteiger partial charge is 0.444 e. The number of aliphatic hydroxyl groups is 1. The number of rotatable bonds is 9. The van der Waals surface area contributed by atoms with Gasteiger partial charge in [0.25, 0.3) is 0 Å². The molecular formula is C28H32ClNO4. The normalized spacial score (nSPS) is 13.2. The molecule has 0 fully saturated rings. The van der Waals surface area contributed by atoms with Crippen LogP contribution in [0.3, 0.4) is 0 Å². The van der Waals surface area contributed by atoms with Crippen LogP contribution in [0.15, 0.2) is 78.9 Å². The van der Waals surface area contributed by atoms with Gasteiger partial charge in [-0.1, -0.05) is 78.3 Å². The van der Waals surface area contributed by atoms with E-state index in [9.17, 15) is 9.90 Å². The number of ether oxygens (including phenoxy) is 2. The maximum absolute atomic E-state index is 12.4. The Hall–Kier alpha value is -2.86. The van der Waals surface area contributed by atoms with Gasteiger partial charge in [0.05, 0.1) is 6.61 Å². The second-order valence-electron chi connectivity index (χ2n) is 9.24. The molecule has 3 rings (SSSR count). The molecule has 0 saturated carbocycles. The van der Waals surface area contributed by atoms with Crippen LogP contribution in [0.2, 0.25) is 5.02 Å². The van der Waals surface area contributed by atoms with Crippen molar-refractivity contribution in [1.82, 2.24) is 5.32 Å². The predicted molar refractivity (Wildman–Crippen MR) is 136 cm³/mol. The number of hydrogen-bond acceptors (Lipinski definition) is 4. The van der Waals surface area contributed by atoms with Gasteiger partial charge in [0.2, 0.25) is 0 Å². The van der Waals surface area contributed by atoms with E-state index in [1.807, 2.05) is 99.6 Å². The smallest absolute Gasteiger partial charge is 0.407 e. The lowest BCUT2D eigenvalue weighted by Crippen LogP contribution is -2.42. The summed E-state index contributed by atoms with van der Waals surface area (Å²) in [4.78, 5) is 12.4. The Morgan fingerprint density at radius 1 is 0.941 bits per heavy atom. The Morgan fingerprint density at radius 2 is 1.65 bits per heavy atom. The molecule has 0 saturated heterocycles. The molecule has 3 aromatic carbocycles. The third-order valence-corrected chi connectivity index (χ3v) is 5.32. The van der Waals surface area contributed by atoms with Gasteiger partial charge in [-0.2, -0.15) is 0 Å². The van der Waals surface area contributed by atoms with E-state index in [0.717, 1.165) is 22.3 Å². The number of aliphatic hydroxyl groups excluding tert-OH is 1. The summed E-state index contributed by atoms with van der Waals surface area (Å²) in [5, 5.41) is 14.1. The highest BCUT2D eigenvalue weighted by Gasteiger charge is 2.22. The van der Waals surface area contributed by atoms with Crippen LogP contribution in [0.5, 0.6) is 0 Å². The van der Waals surface area contributed by atoms with Crippen molar-refractivity contribution in [2.75, 3.05) is 0 Å². The zero-order valence-electron chi connectivity index (χ0n) is 19.8. The Morgan fingerprint density at radius 3 is 2.29 bits per heavy atom. The minimum Gasteiger partial charge on any atom is -0.444 e. The Kier molecular flexibility index (Phi) is 9.11. The van der Waals surface area contributed by atoms with Gasteiger partial charge in [-0.05, 0) is 61.6 Å². The molecule has 0 aromatic heterocycles. The van der Waals surface area contributed by atoms with Crippen molar-refractivity contribution in [3.63, 3.8) is 0 Å². The molecule has 6 heteroatoms. The number of amides is 1. The molecule has 5 nitrogen and oxygen atoms in total. The molecule has 1 amide bonds. The number of carbonyl (C=O) groups is 1. The van der Waals surface area contributed by atoms with Crippen LogP contribution in [0.25, 0.3) is 11.1 Å². The van der Waals surface area contributed by atoms with Crippen LogP contribution in [-0.2, 0) is 22.5 Å². The standard InChI is InChI=1S/C28H32ClNO4/c1-28(2,3)34-27(32)30-25(18-26(31)33-19-21-8-5-4-6-9-21)16-20-12-14-22(15-13-20)23-10-7-11-24(29)17-23/h4-15,17,25-26,31H,16,18-19H2,1-3H3,(H,30,32)/t25-,26?/m1/s1. The lowest BCUT2D eigenvalue weighted by molar-refractivity contribution is -0.116. The van der Waals surface area contributed by atoms with Crippen molar-refractivity contribution in [2.45, 2.75) is 58.2 Å². The minimum atomic E-state index is -1.04. The fraction of sp³-hybridized carbons (Fsp3) is 0.321. The first-order valence-corrected chi connectivity index (χ1v) is 11.7. The minimum absolute atomic E-state index is 0.224. The average molecular weight is 482 g/mol. The molecule has 0 bridgehead atoms. The van der Waals surface area contributed by atoms with Crippen LogP contribution in [0.1, 0.15) is 38.3 Å². The van der Waals surface area contributed by atoms with Gasteiger partial charge in [-0.15, -0.1) is 0 Å². The van der Waals surface area contributed by atoms with Gasteiger partial charge in [-0.3, -0.25) is 0 Å². The number of carbonyl (C=O) groups excluding carboxylic acids is 1. The van der Waals surface area contributed by atoms with Crippen LogP contribution in [-0.4, -0.2) is 29.1 Å². The fourth-order valence-corrected chi connectivity index (χ4v) is 3.72. The van der Waals surface area contributed by atoms with E-state index >= 15 is 0 Å². The molecule has 2 N–H and O–H groups in total. The van der Waals surface area contributed by atoms with Gasteiger partial charge < -0.3 is 19.9 Å². The number of halogens is 1. The van der Waals surface area contributed by atoms with Crippen molar-refractivity contribution in [2.24, 2.45) is 0 Å². The summed E-state index contributed by atoms with van der Waals surface area (Å²) in [7, 11) is 0. The summed E-state index contributed by atoms with van der Waals surface area (Å²) in [6.07, 6.45) is -0.822. The van der Waals surface area contributed by atoms with Crippen LogP contribution in [0.4, 0.5) is 4.79 Å². The van der Waals surface area contributed by atoms with Crippen molar-refractivity contribution >= 4 is 17.7 Å². The fourth-order valence-electron chi connectivity index (χ4n) is 3.53. The van der Waals surface area contributed by atoms with E-state index in [1.165, 1.54) is 0 Å². The van der Waals surface area contributed by atoms with E-state index in [4.69, 9.17) is 21.1 Å². The van der Waals surface area contributed by atoms with Crippen molar-refractivity contribution in [3.8, 4) is 11.1 Å². The monoisotopic (exact) mass is 481 g/mol. The molecule has 0 aliphatic heterocycles. The predicted octanol–water partition coefficient (Wildman–Crippen LogP) is 6.37. The van der Waals surface area contributed by atoms with Crippen molar-refractivity contribution in [3.05, 3.63) is 95.0 Å². The van der Waals surface area contributed by atoms with E-state index in [-0.39, 0.29) is 19.1 Å². The first-order valence-electron chi connectivity index (χ1n) is 11.4. The topological polar surface area (TPSA) is 67.8 Å². The number of alkyl carbamates (subject to hydrolysis) is 1. The molecule has 180 valence electrons. The SMILES string of the molecule is CC(C)(C)OC(=O)N[C@H](Cc1ccc(-c2cccc(Cl)c2)cc1)CC(O)OCc1ccccc1. The Bertz CT molecular complexity index is 1050. The highest BCUT2D eigenvalue weighted by atomic mass is 35.5. The van der Waals surface area contributed by atoms with Crippen LogP contribution < -0.4 is 5.32 Å². The summed E-state index contributed by atoms with van der Waals surface area (Å²) in [6, 6.07) is 25.0. The summed E-state index contributed by atoms with van der Waals surface area (Å²) < 4.78 is 11.0. The van der Waals surface area contributed by atoms with E-state index < -0.39 is 18.0 Å². The number of nitrogens with one attached hydrogen (secondary N) is 1. The molecule has 0 aliphatic rings. The molecule has 3 aromatic rings. The van der Waals surface area contributed by atoms with E-state index in [1.54, 1.807) is 0 Å². The molecule has 0 radical (unpaired) electrons. The first-order chi connectivity index (χ1) is 16.2. The second kappa shape index (κ2) is 12.0. The molecule has 1 unspecified atom stereocenters. The first kappa shape index (κ1) is 25.8. The molecule has 34 heavy (non-hydrogen) atoms. The lowest BCUT2D eigenvalue weighted by Gasteiger charge is -2.25. The van der Waals surface area contributed by atoms with Crippen molar-refractivity contribution < 1.29 is 19.4 Å². The maximum Gasteiger partial charge on any atom is 0.407 e. The van der Waals surface area contributed by atoms with Gasteiger partial charge in [0.1, 0.15) is 5.60 Å². The zero-order chi connectivity index (χ0) is 24.6. The molecular weight excluding hydrogens is 450 g/mol. The molecule has 2 atom stereocenters. The average Bonchev–Trinajstić information content (AvgIpc) is 2.77. The van der Waals surface area contributed by atoms with Gasteiger partial charge in [0, 0.05) is 17.5 Å². The van der Waals surface area contributed by atoms with Gasteiger partial charge in [0.15, 0.2) is 6.29 Å². The van der Waals surface area contributed by atoms with E-state index in [2.05, 4.69) is 5.32 Å². The summed E-state index contributed by atoms with van der Waals surface area (Å²) in [5.74, 6) is 0. The maximum atomic E-state index is 12.4. The Balaban J connectivity index is 1.66. The van der Waals surface area contributed by atoms with Gasteiger partial charge >= 0.3 is 6.09 Å².